The van der Waals surface area contributed by atoms with Gasteiger partial charge in [0.2, 0.25) is 6.08 Å². The predicted octanol–water partition coefficient (Wildman–Crippen LogP) is 2.91. The van der Waals surface area contributed by atoms with Gasteiger partial charge in [0.05, 0.1) is 6.54 Å². The van der Waals surface area contributed by atoms with E-state index in [4.69, 9.17) is 0 Å². The zero-order valence-electron chi connectivity index (χ0n) is 9.20. The molecule has 0 unspecified atom stereocenters. The third kappa shape index (κ3) is 4.57. The van der Waals surface area contributed by atoms with Crippen LogP contribution in [0.15, 0.2) is 29.3 Å². The van der Waals surface area contributed by atoms with Gasteiger partial charge in [-0.2, -0.15) is 0 Å². The fraction of sp³-hybridized carbons (Fsp3) is 0.462. The average molecular weight is 203 g/mol. The Morgan fingerprint density at radius 3 is 2.27 bits per heavy atom. The highest BCUT2D eigenvalue weighted by atomic mass is 16.1. The van der Waals surface area contributed by atoms with Crippen LogP contribution in [0.3, 0.4) is 0 Å². The molecule has 0 aliphatic rings. The van der Waals surface area contributed by atoms with Crippen LogP contribution in [0.1, 0.15) is 30.9 Å². The molecule has 2 heteroatoms. The number of isocyanates is 1. The molecule has 0 saturated heterocycles. The molecule has 0 radical (unpaired) electrons. The minimum absolute atomic E-state index is 0.584. The molecular formula is C13H17NO. The summed E-state index contributed by atoms with van der Waals surface area (Å²) >= 11 is 0. The first kappa shape index (κ1) is 11.7. The Bertz CT molecular complexity index is 323. The summed E-state index contributed by atoms with van der Waals surface area (Å²) in [7, 11) is 0. The number of aliphatic imine (C=N–C) groups is 1. The number of carbonyl (C=O) groups excluding carboxylic acids is 1. The summed E-state index contributed by atoms with van der Waals surface area (Å²) in [5.41, 5.74) is 2.71. The van der Waals surface area contributed by atoms with Gasteiger partial charge in [0, 0.05) is 0 Å². The molecule has 0 amide bonds. The Kier molecular flexibility index (Phi) is 5.42. The van der Waals surface area contributed by atoms with Crippen molar-refractivity contribution in [3.8, 4) is 0 Å². The summed E-state index contributed by atoms with van der Waals surface area (Å²) in [4.78, 5) is 13.4. The molecule has 1 rings (SSSR count). The highest BCUT2D eigenvalue weighted by Gasteiger charge is 1.94. The molecule has 0 aliphatic carbocycles. The van der Waals surface area contributed by atoms with Gasteiger partial charge in [0.25, 0.3) is 0 Å². The quantitative estimate of drug-likeness (QED) is 0.397. The van der Waals surface area contributed by atoms with Gasteiger partial charge in [0.1, 0.15) is 0 Å². The molecule has 0 aromatic heterocycles. The molecule has 1 aromatic carbocycles. The lowest BCUT2D eigenvalue weighted by Gasteiger charge is -2.01. The summed E-state index contributed by atoms with van der Waals surface area (Å²) < 4.78 is 0. The number of nitrogens with zero attached hydrogens (tertiary/aromatic N) is 1. The van der Waals surface area contributed by atoms with E-state index in [-0.39, 0.29) is 0 Å². The summed E-state index contributed by atoms with van der Waals surface area (Å²) in [5.74, 6) is 0. The first-order chi connectivity index (χ1) is 7.36. The highest BCUT2D eigenvalue weighted by molar-refractivity contribution is 5.32. The molecule has 0 heterocycles. The van der Waals surface area contributed by atoms with Crippen molar-refractivity contribution < 1.29 is 4.79 Å². The summed E-state index contributed by atoms with van der Waals surface area (Å²) in [5, 5.41) is 0. The van der Waals surface area contributed by atoms with E-state index in [1.807, 2.05) is 0 Å². The van der Waals surface area contributed by atoms with Crippen molar-refractivity contribution in [2.45, 2.75) is 32.6 Å². The van der Waals surface area contributed by atoms with E-state index in [1.54, 1.807) is 6.08 Å². The van der Waals surface area contributed by atoms with Crippen molar-refractivity contribution >= 4 is 6.08 Å². The second-order valence-electron chi connectivity index (χ2n) is 3.64. The van der Waals surface area contributed by atoms with Crippen LogP contribution in [0.2, 0.25) is 0 Å². The van der Waals surface area contributed by atoms with Gasteiger partial charge in [-0.3, -0.25) is 0 Å². The van der Waals surface area contributed by atoms with Crippen molar-refractivity contribution in [1.29, 1.82) is 0 Å². The van der Waals surface area contributed by atoms with E-state index in [2.05, 4.69) is 36.2 Å². The molecule has 80 valence electrons. The van der Waals surface area contributed by atoms with Crippen LogP contribution in [0, 0.1) is 0 Å². The first-order valence-electron chi connectivity index (χ1n) is 5.48. The molecule has 0 N–H and O–H groups in total. The van der Waals surface area contributed by atoms with Crippen molar-refractivity contribution in [3.63, 3.8) is 0 Å². The molecule has 0 saturated carbocycles. The standard InChI is InChI=1S/C13H17NO/c1-2-4-12-6-8-13(9-7-12)5-3-10-14-11-15/h6-9H,2-5,10H2,1H3. The number of rotatable bonds is 6. The Morgan fingerprint density at radius 2 is 1.73 bits per heavy atom. The Morgan fingerprint density at radius 1 is 1.13 bits per heavy atom. The van der Waals surface area contributed by atoms with Crippen LogP contribution >= 0.6 is 0 Å². The van der Waals surface area contributed by atoms with E-state index in [0.29, 0.717) is 6.54 Å². The fourth-order valence-electron chi connectivity index (χ4n) is 1.57. The third-order valence-corrected chi connectivity index (χ3v) is 2.36. The first-order valence-corrected chi connectivity index (χ1v) is 5.48. The van der Waals surface area contributed by atoms with E-state index in [0.717, 1.165) is 19.3 Å². The fourth-order valence-corrected chi connectivity index (χ4v) is 1.57. The molecule has 15 heavy (non-hydrogen) atoms. The van der Waals surface area contributed by atoms with Crippen LogP contribution in [-0.4, -0.2) is 12.6 Å². The van der Waals surface area contributed by atoms with Crippen LogP contribution in [-0.2, 0) is 17.6 Å². The van der Waals surface area contributed by atoms with Gasteiger partial charge in [0.15, 0.2) is 0 Å². The van der Waals surface area contributed by atoms with Crippen molar-refractivity contribution in [1.82, 2.24) is 0 Å². The van der Waals surface area contributed by atoms with Gasteiger partial charge in [-0.05, 0) is 30.4 Å². The second kappa shape index (κ2) is 6.97. The maximum absolute atomic E-state index is 9.84. The Hall–Kier alpha value is -1.40. The Labute approximate surface area is 91.0 Å². The molecular weight excluding hydrogens is 186 g/mol. The zero-order valence-corrected chi connectivity index (χ0v) is 9.20. The third-order valence-electron chi connectivity index (χ3n) is 2.36. The van der Waals surface area contributed by atoms with E-state index in [9.17, 15) is 4.79 Å². The van der Waals surface area contributed by atoms with E-state index >= 15 is 0 Å². The molecule has 0 atom stereocenters. The maximum atomic E-state index is 9.84. The van der Waals surface area contributed by atoms with Gasteiger partial charge in [-0.1, -0.05) is 37.6 Å². The molecule has 0 aliphatic heterocycles. The lowest BCUT2D eigenvalue weighted by atomic mass is 10.1. The number of aryl methyl sites for hydroxylation is 2. The van der Waals surface area contributed by atoms with Crippen molar-refractivity contribution in [3.05, 3.63) is 35.4 Å². The van der Waals surface area contributed by atoms with Gasteiger partial charge >= 0.3 is 0 Å². The maximum Gasteiger partial charge on any atom is 0.234 e. The predicted molar refractivity (Wildman–Crippen MR) is 61.7 cm³/mol. The normalized spacial score (nSPS) is 9.67. The van der Waals surface area contributed by atoms with Crippen molar-refractivity contribution in [2.24, 2.45) is 4.99 Å². The summed E-state index contributed by atoms with van der Waals surface area (Å²) in [6.07, 6.45) is 5.79. The average Bonchev–Trinajstić information content (AvgIpc) is 2.27. The largest absolute Gasteiger partial charge is 0.234 e. The number of hydrogen-bond acceptors (Lipinski definition) is 2. The number of hydrogen-bond donors (Lipinski definition) is 0. The SMILES string of the molecule is CCCc1ccc(CCCN=C=O)cc1. The molecule has 2 nitrogen and oxygen atoms in total. The lowest BCUT2D eigenvalue weighted by molar-refractivity contribution is 0.562. The topological polar surface area (TPSA) is 29.4 Å². The minimum Gasteiger partial charge on any atom is -0.211 e. The van der Waals surface area contributed by atoms with Crippen molar-refractivity contribution in [2.75, 3.05) is 6.54 Å². The van der Waals surface area contributed by atoms with Crippen LogP contribution < -0.4 is 0 Å². The highest BCUT2D eigenvalue weighted by Crippen LogP contribution is 2.08. The van der Waals surface area contributed by atoms with E-state index < -0.39 is 0 Å². The second-order valence-corrected chi connectivity index (χ2v) is 3.64. The van der Waals surface area contributed by atoms with Crippen LogP contribution in [0.25, 0.3) is 0 Å². The zero-order chi connectivity index (χ0) is 10.9. The smallest absolute Gasteiger partial charge is 0.211 e. The molecule has 0 bridgehead atoms. The summed E-state index contributed by atoms with van der Waals surface area (Å²) in [6.45, 7) is 2.77. The van der Waals surface area contributed by atoms with Gasteiger partial charge in [-0.25, -0.2) is 9.79 Å². The van der Waals surface area contributed by atoms with Gasteiger partial charge in [-0.15, -0.1) is 0 Å². The van der Waals surface area contributed by atoms with Crippen LogP contribution in [0.4, 0.5) is 0 Å². The lowest BCUT2D eigenvalue weighted by Crippen LogP contribution is -1.89. The minimum atomic E-state index is 0.584. The van der Waals surface area contributed by atoms with E-state index in [1.165, 1.54) is 17.5 Å². The van der Waals surface area contributed by atoms with Crippen LogP contribution in [0.5, 0.6) is 0 Å². The molecule has 0 spiro atoms. The Balaban J connectivity index is 2.38. The number of benzene rings is 1. The van der Waals surface area contributed by atoms with Gasteiger partial charge < -0.3 is 0 Å². The monoisotopic (exact) mass is 203 g/mol. The summed E-state index contributed by atoms with van der Waals surface area (Å²) in [6, 6.07) is 8.69. The molecule has 0 fully saturated rings. The molecule has 1 aromatic rings.